The summed E-state index contributed by atoms with van der Waals surface area (Å²) in [4.78, 5) is 14.5. The molecule has 1 N–H and O–H groups in total. The number of halogens is 2. The highest BCUT2D eigenvalue weighted by Crippen LogP contribution is 2.30. The van der Waals surface area contributed by atoms with E-state index in [9.17, 15) is 13.2 Å². The first-order valence-corrected chi connectivity index (χ1v) is 11.1. The molecule has 144 valence electrons. The van der Waals surface area contributed by atoms with Gasteiger partial charge in [-0.1, -0.05) is 23.2 Å². The number of hydrogen-bond donors (Lipinski definition) is 1. The fourth-order valence-electron chi connectivity index (χ4n) is 3.07. The molecule has 27 heavy (non-hydrogen) atoms. The quantitative estimate of drug-likeness (QED) is 0.769. The summed E-state index contributed by atoms with van der Waals surface area (Å²) >= 11 is 12.1. The second-order valence-corrected chi connectivity index (χ2v) is 9.31. The average molecular weight is 427 g/mol. The number of rotatable bonds is 5. The van der Waals surface area contributed by atoms with Gasteiger partial charge in [-0.3, -0.25) is 4.79 Å². The molecule has 2 aromatic rings. The van der Waals surface area contributed by atoms with Crippen LogP contribution in [-0.4, -0.2) is 33.2 Å². The van der Waals surface area contributed by atoms with Crippen molar-refractivity contribution in [2.24, 2.45) is 0 Å². The third-order valence-electron chi connectivity index (χ3n) is 4.42. The van der Waals surface area contributed by atoms with E-state index >= 15 is 0 Å². The van der Waals surface area contributed by atoms with E-state index in [-0.39, 0.29) is 4.90 Å². The molecule has 0 aromatic heterocycles. The second-order valence-electron chi connectivity index (χ2n) is 6.48. The molecule has 1 heterocycles. The molecule has 1 fully saturated rings. The molecule has 2 aromatic carbocycles. The van der Waals surface area contributed by atoms with Gasteiger partial charge in [0.1, 0.15) is 5.75 Å². The van der Waals surface area contributed by atoms with E-state index in [0.29, 0.717) is 15.7 Å². The summed E-state index contributed by atoms with van der Waals surface area (Å²) < 4.78 is 24.7. The number of carbonyl (C=O) groups is 1. The number of hydrogen-bond acceptors (Lipinski definition) is 4. The normalized spacial score (nSPS) is 14.8. The van der Waals surface area contributed by atoms with Crippen LogP contribution in [-0.2, 0) is 14.6 Å². The number of carbonyl (C=O) groups excluding carboxylic acids is 1. The lowest BCUT2D eigenvalue weighted by molar-refractivity contribution is -0.113. The minimum Gasteiger partial charge on any atom is -0.370 e. The topological polar surface area (TPSA) is 66.5 Å². The summed E-state index contributed by atoms with van der Waals surface area (Å²) in [6, 6.07) is 11.0. The minimum absolute atomic E-state index is 0.0560. The van der Waals surface area contributed by atoms with Crippen molar-refractivity contribution in [1.29, 1.82) is 0 Å². The second kappa shape index (κ2) is 8.50. The van der Waals surface area contributed by atoms with Gasteiger partial charge in [-0.2, -0.15) is 0 Å². The first-order valence-electron chi connectivity index (χ1n) is 8.68. The van der Waals surface area contributed by atoms with Crippen molar-refractivity contribution < 1.29 is 13.2 Å². The van der Waals surface area contributed by atoms with Crippen molar-refractivity contribution in [2.75, 3.05) is 29.1 Å². The van der Waals surface area contributed by atoms with Crippen LogP contribution in [0.1, 0.15) is 19.3 Å². The van der Waals surface area contributed by atoms with Crippen molar-refractivity contribution in [3.8, 4) is 0 Å². The Morgan fingerprint density at radius 2 is 1.67 bits per heavy atom. The van der Waals surface area contributed by atoms with Gasteiger partial charge >= 0.3 is 0 Å². The molecule has 1 amide bonds. The minimum atomic E-state index is -3.74. The van der Waals surface area contributed by atoms with Crippen molar-refractivity contribution in [3.05, 3.63) is 52.5 Å². The average Bonchev–Trinajstić information content (AvgIpc) is 2.62. The molecule has 1 aliphatic rings. The number of nitrogens with zero attached hydrogens (tertiary/aromatic N) is 1. The largest absolute Gasteiger partial charge is 0.370 e. The predicted octanol–water partition coefficient (Wildman–Crippen LogP) is 4.40. The Hall–Kier alpha value is -1.76. The van der Waals surface area contributed by atoms with Crippen LogP contribution in [0.2, 0.25) is 10.0 Å². The fourth-order valence-corrected chi connectivity index (χ4v) is 4.63. The lowest BCUT2D eigenvalue weighted by Gasteiger charge is -2.29. The van der Waals surface area contributed by atoms with Gasteiger partial charge < -0.3 is 10.2 Å². The summed E-state index contributed by atoms with van der Waals surface area (Å²) in [5.41, 5.74) is 1.40. The molecular weight excluding hydrogens is 407 g/mol. The van der Waals surface area contributed by atoms with E-state index in [1.165, 1.54) is 30.7 Å². The van der Waals surface area contributed by atoms with Crippen LogP contribution >= 0.6 is 23.2 Å². The Morgan fingerprint density at radius 1 is 1.00 bits per heavy atom. The molecule has 5 nitrogen and oxygen atoms in total. The highest BCUT2D eigenvalue weighted by atomic mass is 35.5. The van der Waals surface area contributed by atoms with Crippen molar-refractivity contribution in [1.82, 2.24) is 0 Å². The van der Waals surface area contributed by atoms with Gasteiger partial charge in [0, 0.05) is 23.8 Å². The number of anilines is 2. The molecule has 0 bridgehead atoms. The molecule has 1 aliphatic heterocycles. The van der Waals surface area contributed by atoms with Crippen molar-refractivity contribution in [2.45, 2.75) is 24.2 Å². The first kappa shape index (κ1) is 20.0. The Labute approximate surface area is 169 Å². The summed E-state index contributed by atoms with van der Waals surface area (Å²) in [5, 5.41) is 3.57. The molecule has 0 atom stereocenters. The monoisotopic (exact) mass is 426 g/mol. The Kier molecular flexibility index (Phi) is 6.29. The maximum Gasteiger partial charge on any atom is 0.239 e. The summed E-state index contributed by atoms with van der Waals surface area (Å²) in [5.74, 6) is -1.27. The lowest BCUT2D eigenvalue weighted by atomic mass is 10.1. The highest BCUT2D eigenvalue weighted by Gasteiger charge is 2.20. The van der Waals surface area contributed by atoms with E-state index in [0.717, 1.165) is 31.6 Å². The molecule has 0 spiro atoms. The molecule has 0 saturated carbocycles. The maximum atomic E-state index is 12.3. The van der Waals surface area contributed by atoms with Crippen LogP contribution < -0.4 is 10.2 Å². The van der Waals surface area contributed by atoms with Gasteiger partial charge in [0.2, 0.25) is 5.91 Å². The van der Waals surface area contributed by atoms with E-state index in [4.69, 9.17) is 23.2 Å². The molecule has 3 rings (SSSR count). The maximum absolute atomic E-state index is 12.3. The number of nitrogens with one attached hydrogen (secondary N) is 1. The fraction of sp³-hybridized carbons (Fsp3) is 0.316. The SMILES string of the molecule is O=C(CS(=O)(=O)c1ccc(Cl)cc1)Nc1ccc(N2CCCCC2)c(Cl)c1. The summed E-state index contributed by atoms with van der Waals surface area (Å²) in [6.07, 6.45) is 3.50. The van der Waals surface area contributed by atoms with Gasteiger partial charge in [0.05, 0.1) is 15.6 Å². The molecule has 0 aliphatic carbocycles. The van der Waals surface area contributed by atoms with E-state index in [2.05, 4.69) is 10.2 Å². The van der Waals surface area contributed by atoms with E-state index in [1.807, 2.05) is 6.07 Å². The van der Waals surface area contributed by atoms with Crippen LogP contribution in [0.4, 0.5) is 11.4 Å². The van der Waals surface area contributed by atoms with E-state index in [1.54, 1.807) is 12.1 Å². The zero-order valence-corrected chi connectivity index (χ0v) is 16.9. The van der Waals surface area contributed by atoms with Crippen LogP contribution in [0.25, 0.3) is 0 Å². The Morgan fingerprint density at radius 3 is 2.30 bits per heavy atom. The summed E-state index contributed by atoms with van der Waals surface area (Å²) in [7, 11) is -3.74. The van der Waals surface area contributed by atoms with Crippen LogP contribution in [0.5, 0.6) is 0 Å². The Balaban J connectivity index is 1.67. The number of piperidine rings is 1. The zero-order chi connectivity index (χ0) is 19.4. The summed E-state index contributed by atoms with van der Waals surface area (Å²) in [6.45, 7) is 1.93. The third-order valence-corrected chi connectivity index (χ3v) is 6.61. The third kappa shape index (κ3) is 5.15. The molecule has 0 unspecified atom stereocenters. The molecular formula is C19H20Cl2N2O3S. The van der Waals surface area contributed by atoms with Gasteiger partial charge in [0.25, 0.3) is 0 Å². The van der Waals surface area contributed by atoms with Gasteiger partial charge in [-0.25, -0.2) is 8.42 Å². The van der Waals surface area contributed by atoms with Gasteiger partial charge in [-0.05, 0) is 61.7 Å². The highest BCUT2D eigenvalue weighted by molar-refractivity contribution is 7.92. The Bertz CT molecular complexity index is 924. The molecule has 1 saturated heterocycles. The number of amides is 1. The van der Waals surface area contributed by atoms with Crippen LogP contribution in [0, 0.1) is 0 Å². The lowest BCUT2D eigenvalue weighted by Crippen LogP contribution is -2.29. The molecule has 0 radical (unpaired) electrons. The molecule has 8 heteroatoms. The van der Waals surface area contributed by atoms with Crippen LogP contribution in [0.15, 0.2) is 47.4 Å². The predicted molar refractivity (Wildman–Crippen MR) is 110 cm³/mol. The van der Waals surface area contributed by atoms with Gasteiger partial charge in [0.15, 0.2) is 9.84 Å². The number of sulfone groups is 1. The number of benzene rings is 2. The van der Waals surface area contributed by atoms with Crippen LogP contribution in [0.3, 0.4) is 0 Å². The smallest absolute Gasteiger partial charge is 0.239 e. The first-order chi connectivity index (χ1) is 12.8. The van der Waals surface area contributed by atoms with Crippen molar-refractivity contribution >= 4 is 50.3 Å². The van der Waals surface area contributed by atoms with Gasteiger partial charge in [-0.15, -0.1) is 0 Å². The standard InChI is InChI=1S/C19H20Cl2N2O3S/c20-14-4-7-16(8-5-14)27(25,26)13-19(24)22-15-6-9-18(17(21)12-15)23-10-2-1-3-11-23/h4-9,12H,1-3,10-11,13H2,(H,22,24). The van der Waals surface area contributed by atoms with E-state index < -0.39 is 21.5 Å². The van der Waals surface area contributed by atoms with Crippen molar-refractivity contribution in [3.63, 3.8) is 0 Å². The zero-order valence-electron chi connectivity index (χ0n) is 14.6.